The average Bonchev–Trinajstić information content (AvgIpc) is 2.40. The summed E-state index contributed by atoms with van der Waals surface area (Å²) in [6.07, 6.45) is 3.82. The van der Waals surface area contributed by atoms with Gasteiger partial charge in [-0.1, -0.05) is 34.1 Å². The Labute approximate surface area is 121 Å². The predicted octanol–water partition coefficient (Wildman–Crippen LogP) is 3.05. The summed E-state index contributed by atoms with van der Waals surface area (Å²) in [7, 11) is 1.82. The van der Waals surface area contributed by atoms with Crippen LogP contribution in [0.3, 0.4) is 0 Å². The third-order valence-corrected chi connectivity index (χ3v) is 3.31. The number of amides is 1. The van der Waals surface area contributed by atoms with E-state index in [0.717, 1.165) is 15.6 Å². The second kappa shape index (κ2) is 6.48. The Morgan fingerprint density at radius 3 is 2.74 bits per heavy atom. The molecule has 3 nitrogen and oxygen atoms in total. The van der Waals surface area contributed by atoms with Gasteiger partial charge in [-0.3, -0.25) is 9.78 Å². The quantitative estimate of drug-likeness (QED) is 0.868. The molecule has 4 heteroatoms. The van der Waals surface area contributed by atoms with E-state index in [2.05, 4.69) is 20.9 Å². The highest BCUT2D eigenvalue weighted by atomic mass is 79.9. The lowest BCUT2D eigenvalue weighted by molar-refractivity contribution is -0.129. The molecule has 1 amide bonds. The van der Waals surface area contributed by atoms with E-state index in [1.54, 1.807) is 17.3 Å². The molecule has 0 aliphatic rings. The van der Waals surface area contributed by atoms with Gasteiger partial charge in [0.05, 0.1) is 6.42 Å². The van der Waals surface area contributed by atoms with Crippen molar-refractivity contribution >= 4 is 21.8 Å². The molecule has 0 bridgehead atoms. The second-order valence-corrected chi connectivity index (χ2v) is 5.33. The molecule has 0 spiro atoms. The number of carbonyl (C=O) groups is 1. The van der Waals surface area contributed by atoms with Gasteiger partial charge in [0.25, 0.3) is 0 Å². The van der Waals surface area contributed by atoms with Crippen LogP contribution in [-0.2, 0) is 17.8 Å². The van der Waals surface area contributed by atoms with Crippen LogP contribution in [0.5, 0.6) is 0 Å². The highest BCUT2D eigenvalue weighted by molar-refractivity contribution is 9.10. The summed E-state index contributed by atoms with van der Waals surface area (Å²) in [5.74, 6) is 0.0907. The molecular formula is C15H15BrN2O. The molecule has 0 atom stereocenters. The first-order chi connectivity index (χ1) is 9.15. The van der Waals surface area contributed by atoms with Crippen molar-refractivity contribution in [3.05, 3.63) is 64.4 Å². The van der Waals surface area contributed by atoms with Gasteiger partial charge < -0.3 is 4.90 Å². The van der Waals surface area contributed by atoms with E-state index in [0.29, 0.717) is 13.0 Å². The average molecular weight is 319 g/mol. The molecule has 1 aromatic heterocycles. The third-order valence-electron chi connectivity index (χ3n) is 2.81. The van der Waals surface area contributed by atoms with Crippen LogP contribution in [0.4, 0.5) is 0 Å². The van der Waals surface area contributed by atoms with Crippen molar-refractivity contribution in [3.63, 3.8) is 0 Å². The fraction of sp³-hybridized carbons (Fsp3) is 0.200. The van der Waals surface area contributed by atoms with Crippen LogP contribution >= 0.6 is 15.9 Å². The van der Waals surface area contributed by atoms with Crippen molar-refractivity contribution < 1.29 is 4.79 Å². The number of benzene rings is 1. The van der Waals surface area contributed by atoms with Crippen LogP contribution in [0.2, 0.25) is 0 Å². The van der Waals surface area contributed by atoms with E-state index in [-0.39, 0.29) is 5.91 Å². The summed E-state index contributed by atoms with van der Waals surface area (Å²) in [6, 6.07) is 11.7. The summed E-state index contributed by atoms with van der Waals surface area (Å²) in [5, 5.41) is 0. The number of rotatable bonds is 4. The molecule has 0 unspecified atom stereocenters. The molecule has 1 heterocycles. The Kier molecular flexibility index (Phi) is 4.68. The highest BCUT2D eigenvalue weighted by Gasteiger charge is 2.10. The molecule has 98 valence electrons. The van der Waals surface area contributed by atoms with Gasteiger partial charge in [0.1, 0.15) is 0 Å². The largest absolute Gasteiger partial charge is 0.341 e. The lowest BCUT2D eigenvalue weighted by Crippen LogP contribution is -2.27. The van der Waals surface area contributed by atoms with Gasteiger partial charge in [0, 0.05) is 30.5 Å². The molecule has 0 aliphatic heterocycles. The minimum atomic E-state index is 0.0907. The Balaban J connectivity index is 1.96. The molecule has 19 heavy (non-hydrogen) atoms. The second-order valence-electron chi connectivity index (χ2n) is 4.42. The van der Waals surface area contributed by atoms with Crippen molar-refractivity contribution in [1.82, 2.24) is 9.88 Å². The maximum absolute atomic E-state index is 12.1. The molecule has 2 aromatic rings. The fourth-order valence-electron chi connectivity index (χ4n) is 1.81. The van der Waals surface area contributed by atoms with Gasteiger partial charge in [0.2, 0.25) is 5.91 Å². The first kappa shape index (κ1) is 13.7. The van der Waals surface area contributed by atoms with E-state index >= 15 is 0 Å². The van der Waals surface area contributed by atoms with E-state index in [4.69, 9.17) is 0 Å². The van der Waals surface area contributed by atoms with Crippen LogP contribution in [0.1, 0.15) is 11.1 Å². The molecule has 1 aromatic carbocycles. The SMILES string of the molecule is CN(Cc1cccc(Br)c1)C(=O)Cc1cccnc1. The van der Waals surface area contributed by atoms with Crippen molar-refractivity contribution in [2.75, 3.05) is 7.05 Å². The van der Waals surface area contributed by atoms with Crippen LogP contribution in [0.25, 0.3) is 0 Å². The van der Waals surface area contributed by atoms with Crippen LogP contribution in [-0.4, -0.2) is 22.8 Å². The fourth-order valence-corrected chi connectivity index (χ4v) is 2.26. The Bertz CT molecular complexity index is 557. The third kappa shape index (κ3) is 4.17. The maximum atomic E-state index is 12.1. The van der Waals surface area contributed by atoms with Gasteiger partial charge in [-0.2, -0.15) is 0 Å². The molecule has 0 N–H and O–H groups in total. The van der Waals surface area contributed by atoms with Crippen molar-refractivity contribution in [2.45, 2.75) is 13.0 Å². The number of likely N-dealkylation sites (N-methyl/N-ethyl adjacent to an activating group) is 1. The number of aromatic nitrogens is 1. The first-order valence-corrected chi connectivity index (χ1v) is 6.82. The monoisotopic (exact) mass is 318 g/mol. The standard InChI is InChI=1S/C15H15BrN2O/c1-18(11-13-4-2-6-14(16)8-13)15(19)9-12-5-3-7-17-10-12/h2-8,10H,9,11H2,1H3. The normalized spacial score (nSPS) is 10.2. The van der Waals surface area contributed by atoms with E-state index < -0.39 is 0 Å². The smallest absolute Gasteiger partial charge is 0.227 e. The molecule has 0 aliphatic carbocycles. The van der Waals surface area contributed by atoms with Crippen LogP contribution < -0.4 is 0 Å². The van der Waals surface area contributed by atoms with Gasteiger partial charge in [-0.05, 0) is 29.3 Å². The number of nitrogens with zero attached hydrogens (tertiary/aromatic N) is 2. The van der Waals surface area contributed by atoms with E-state index in [9.17, 15) is 4.79 Å². The number of pyridine rings is 1. The highest BCUT2D eigenvalue weighted by Crippen LogP contribution is 2.13. The Morgan fingerprint density at radius 1 is 1.26 bits per heavy atom. The summed E-state index contributed by atoms with van der Waals surface area (Å²) < 4.78 is 1.03. The van der Waals surface area contributed by atoms with Crippen molar-refractivity contribution in [2.24, 2.45) is 0 Å². The summed E-state index contributed by atoms with van der Waals surface area (Å²) >= 11 is 3.43. The van der Waals surface area contributed by atoms with E-state index in [1.807, 2.05) is 43.4 Å². The molecule has 2 rings (SSSR count). The lowest BCUT2D eigenvalue weighted by Gasteiger charge is -2.17. The summed E-state index contributed by atoms with van der Waals surface area (Å²) in [5.41, 5.74) is 2.05. The van der Waals surface area contributed by atoms with Crippen LogP contribution in [0, 0.1) is 0 Å². The number of hydrogen-bond acceptors (Lipinski definition) is 2. The molecule has 0 radical (unpaired) electrons. The summed E-state index contributed by atoms with van der Waals surface area (Å²) in [6.45, 7) is 0.610. The predicted molar refractivity (Wildman–Crippen MR) is 78.6 cm³/mol. The first-order valence-electron chi connectivity index (χ1n) is 6.02. The molecule has 0 fully saturated rings. The van der Waals surface area contributed by atoms with Gasteiger partial charge >= 0.3 is 0 Å². The molecular weight excluding hydrogens is 304 g/mol. The number of hydrogen-bond donors (Lipinski definition) is 0. The minimum absolute atomic E-state index is 0.0907. The lowest BCUT2D eigenvalue weighted by atomic mass is 10.1. The summed E-state index contributed by atoms with van der Waals surface area (Å²) in [4.78, 5) is 17.8. The maximum Gasteiger partial charge on any atom is 0.227 e. The number of halogens is 1. The molecule has 0 saturated carbocycles. The number of carbonyl (C=O) groups excluding carboxylic acids is 1. The van der Waals surface area contributed by atoms with Crippen molar-refractivity contribution in [1.29, 1.82) is 0 Å². The Morgan fingerprint density at radius 2 is 2.05 bits per heavy atom. The minimum Gasteiger partial charge on any atom is -0.341 e. The zero-order chi connectivity index (χ0) is 13.7. The van der Waals surface area contributed by atoms with Gasteiger partial charge in [0.15, 0.2) is 0 Å². The van der Waals surface area contributed by atoms with E-state index in [1.165, 1.54) is 0 Å². The Hall–Kier alpha value is -1.68. The van der Waals surface area contributed by atoms with Gasteiger partial charge in [-0.25, -0.2) is 0 Å². The van der Waals surface area contributed by atoms with Gasteiger partial charge in [-0.15, -0.1) is 0 Å². The molecule has 0 saturated heterocycles. The van der Waals surface area contributed by atoms with Crippen LogP contribution in [0.15, 0.2) is 53.3 Å². The zero-order valence-electron chi connectivity index (χ0n) is 10.7. The topological polar surface area (TPSA) is 33.2 Å². The van der Waals surface area contributed by atoms with Crippen molar-refractivity contribution in [3.8, 4) is 0 Å². The zero-order valence-corrected chi connectivity index (χ0v) is 12.3.